The van der Waals surface area contributed by atoms with E-state index in [0.717, 1.165) is 11.1 Å². The predicted octanol–water partition coefficient (Wildman–Crippen LogP) is 4.99. The Bertz CT molecular complexity index is 1080. The van der Waals surface area contributed by atoms with Crippen LogP contribution < -0.4 is 20.1 Å². The van der Waals surface area contributed by atoms with Crippen molar-refractivity contribution in [3.8, 4) is 11.5 Å². The Morgan fingerprint density at radius 2 is 1.32 bits per heavy atom. The Morgan fingerprint density at radius 3 is 1.84 bits per heavy atom. The van der Waals surface area contributed by atoms with Crippen molar-refractivity contribution in [3.63, 3.8) is 0 Å². The minimum atomic E-state index is -0.341. The number of rotatable bonds is 8. The molecule has 6 nitrogen and oxygen atoms in total. The number of hydrogen-bond donors (Lipinski definition) is 2. The van der Waals surface area contributed by atoms with Crippen molar-refractivity contribution in [1.82, 2.24) is 0 Å². The third-order valence-corrected chi connectivity index (χ3v) is 4.56. The van der Waals surface area contributed by atoms with Crippen LogP contribution >= 0.6 is 11.6 Å². The molecule has 0 spiro atoms. The van der Waals surface area contributed by atoms with E-state index in [2.05, 4.69) is 10.6 Å². The summed E-state index contributed by atoms with van der Waals surface area (Å²) < 4.78 is 11.0. The molecule has 0 saturated heterocycles. The summed E-state index contributed by atoms with van der Waals surface area (Å²) in [6.45, 7) is 3.62. The maximum absolute atomic E-state index is 12.1. The third-order valence-electron chi connectivity index (χ3n) is 4.25. The number of amides is 2. The third kappa shape index (κ3) is 7.04. The molecule has 0 saturated carbocycles. The van der Waals surface area contributed by atoms with Crippen molar-refractivity contribution in [2.24, 2.45) is 0 Å². The largest absolute Gasteiger partial charge is 0.484 e. The Balaban J connectivity index is 1.49. The monoisotopic (exact) mass is 438 g/mol. The summed E-state index contributed by atoms with van der Waals surface area (Å²) in [4.78, 5) is 24.3. The molecule has 2 N–H and O–H groups in total. The number of anilines is 2. The highest BCUT2D eigenvalue weighted by Crippen LogP contribution is 2.25. The minimum Gasteiger partial charge on any atom is -0.484 e. The summed E-state index contributed by atoms with van der Waals surface area (Å²) in [6, 6.07) is 19.7. The molecular weight excluding hydrogens is 416 g/mol. The van der Waals surface area contributed by atoms with Gasteiger partial charge in [-0.3, -0.25) is 9.59 Å². The zero-order valence-corrected chi connectivity index (χ0v) is 18.0. The van der Waals surface area contributed by atoms with E-state index in [1.165, 1.54) is 0 Å². The second-order valence-corrected chi connectivity index (χ2v) is 7.41. The number of carbonyl (C=O) groups is 2. The van der Waals surface area contributed by atoms with E-state index < -0.39 is 0 Å². The molecule has 160 valence electrons. The van der Waals surface area contributed by atoms with E-state index in [1.807, 2.05) is 50.2 Å². The van der Waals surface area contributed by atoms with Gasteiger partial charge in [-0.1, -0.05) is 35.9 Å². The van der Waals surface area contributed by atoms with Crippen molar-refractivity contribution in [1.29, 1.82) is 0 Å². The lowest BCUT2D eigenvalue weighted by atomic mass is 10.2. The Kier molecular flexibility index (Phi) is 7.51. The van der Waals surface area contributed by atoms with Crippen LogP contribution in [0.2, 0.25) is 5.02 Å². The molecular formula is C24H23ClN2O4. The lowest BCUT2D eigenvalue weighted by molar-refractivity contribution is -0.118. The lowest BCUT2D eigenvalue weighted by Gasteiger charge is -2.11. The average Bonchev–Trinajstić information content (AvgIpc) is 2.73. The number of hydrogen-bond acceptors (Lipinski definition) is 4. The highest BCUT2D eigenvalue weighted by Gasteiger charge is 2.10. The molecule has 3 aromatic carbocycles. The molecule has 0 aliphatic rings. The van der Waals surface area contributed by atoms with Gasteiger partial charge in [0.15, 0.2) is 13.2 Å². The normalized spacial score (nSPS) is 10.3. The molecule has 7 heteroatoms. The average molecular weight is 439 g/mol. The molecule has 0 fully saturated rings. The van der Waals surface area contributed by atoms with E-state index in [4.69, 9.17) is 21.1 Å². The predicted molar refractivity (Wildman–Crippen MR) is 122 cm³/mol. The second kappa shape index (κ2) is 10.5. The molecule has 0 bridgehead atoms. The van der Waals surface area contributed by atoms with Gasteiger partial charge in [-0.15, -0.1) is 0 Å². The quantitative estimate of drug-likeness (QED) is 0.519. The standard InChI is InChI=1S/C24H23ClN2O4/c1-16-5-3-7-19(11-16)30-14-23(28)26-18-9-10-22(21(25)13-18)27-24(29)15-31-20-8-4-6-17(2)12-20/h3-13H,14-15H2,1-2H3,(H,26,28)(H,27,29). The molecule has 3 rings (SSSR count). The van der Waals surface area contributed by atoms with Gasteiger partial charge < -0.3 is 20.1 Å². The van der Waals surface area contributed by atoms with Crippen molar-refractivity contribution in [2.75, 3.05) is 23.8 Å². The molecule has 3 aromatic rings. The number of carbonyl (C=O) groups excluding carboxylic acids is 2. The van der Waals surface area contributed by atoms with Gasteiger partial charge in [-0.2, -0.15) is 0 Å². The minimum absolute atomic E-state index is 0.129. The van der Waals surface area contributed by atoms with Crippen molar-refractivity contribution in [2.45, 2.75) is 13.8 Å². The number of benzene rings is 3. The van der Waals surface area contributed by atoms with Crippen LogP contribution in [0.5, 0.6) is 11.5 Å². The van der Waals surface area contributed by atoms with Gasteiger partial charge in [0.1, 0.15) is 11.5 Å². The molecule has 0 aromatic heterocycles. The van der Waals surface area contributed by atoms with Crippen LogP contribution in [0.4, 0.5) is 11.4 Å². The zero-order valence-electron chi connectivity index (χ0n) is 17.3. The van der Waals surface area contributed by atoms with Crippen LogP contribution in [0.25, 0.3) is 0 Å². The summed E-state index contributed by atoms with van der Waals surface area (Å²) in [5.41, 5.74) is 3.01. The molecule has 0 aliphatic heterocycles. The van der Waals surface area contributed by atoms with Crippen molar-refractivity contribution in [3.05, 3.63) is 82.9 Å². The van der Waals surface area contributed by atoms with E-state index in [0.29, 0.717) is 27.9 Å². The van der Waals surface area contributed by atoms with E-state index in [-0.39, 0.29) is 25.0 Å². The van der Waals surface area contributed by atoms with Crippen LogP contribution in [0, 0.1) is 13.8 Å². The first-order valence-electron chi connectivity index (χ1n) is 9.67. The lowest BCUT2D eigenvalue weighted by Crippen LogP contribution is -2.21. The molecule has 0 atom stereocenters. The van der Waals surface area contributed by atoms with Gasteiger partial charge >= 0.3 is 0 Å². The Morgan fingerprint density at radius 1 is 0.774 bits per heavy atom. The summed E-state index contributed by atoms with van der Waals surface area (Å²) in [5, 5.41) is 5.70. The Hall–Kier alpha value is -3.51. The van der Waals surface area contributed by atoms with Crippen LogP contribution in [-0.2, 0) is 9.59 Å². The summed E-state index contributed by atoms with van der Waals surface area (Å²) in [5.74, 6) is 0.582. The Labute approximate surface area is 186 Å². The van der Waals surface area contributed by atoms with Crippen molar-refractivity contribution >= 4 is 34.8 Å². The van der Waals surface area contributed by atoms with Gasteiger partial charge in [-0.25, -0.2) is 0 Å². The molecule has 0 unspecified atom stereocenters. The van der Waals surface area contributed by atoms with Gasteiger partial charge in [0.2, 0.25) is 0 Å². The topological polar surface area (TPSA) is 76.7 Å². The number of aryl methyl sites for hydroxylation is 2. The fraction of sp³-hybridized carbons (Fsp3) is 0.167. The van der Waals surface area contributed by atoms with Gasteiger partial charge in [0, 0.05) is 5.69 Å². The highest BCUT2D eigenvalue weighted by molar-refractivity contribution is 6.34. The maximum atomic E-state index is 12.1. The molecule has 2 amide bonds. The number of ether oxygens (including phenoxy) is 2. The van der Waals surface area contributed by atoms with Crippen LogP contribution in [-0.4, -0.2) is 25.0 Å². The van der Waals surface area contributed by atoms with E-state index in [9.17, 15) is 9.59 Å². The van der Waals surface area contributed by atoms with E-state index >= 15 is 0 Å². The fourth-order valence-corrected chi connectivity index (χ4v) is 3.01. The first-order chi connectivity index (χ1) is 14.9. The van der Waals surface area contributed by atoms with Gasteiger partial charge in [0.25, 0.3) is 11.8 Å². The first-order valence-corrected chi connectivity index (χ1v) is 10.0. The van der Waals surface area contributed by atoms with Crippen LogP contribution in [0.1, 0.15) is 11.1 Å². The van der Waals surface area contributed by atoms with E-state index in [1.54, 1.807) is 30.3 Å². The molecule has 0 aliphatic carbocycles. The van der Waals surface area contributed by atoms with Gasteiger partial charge in [0.05, 0.1) is 10.7 Å². The van der Waals surface area contributed by atoms with Gasteiger partial charge in [-0.05, 0) is 67.4 Å². The molecule has 0 heterocycles. The summed E-state index contributed by atoms with van der Waals surface area (Å²) in [6.07, 6.45) is 0. The SMILES string of the molecule is Cc1cccc(OCC(=O)Nc2ccc(NC(=O)COc3cccc(C)c3)c(Cl)c2)c1. The maximum Gasteiger partial charge on any atom is 0.262 e. The number of nitrogens with one attached hydrogen (secondary N) is 2. The highest BCUT2D eigenvalue weighted by atomic mass is 35.5. The molecule has 0 radical (unpaired) electrons. The summed E-state index contributed by atoms with van der Waals surface area (Å²) >= 11 is 6.25. The first kappa shape index (κ1) is 22.2. The zero-order chi connectivity index (χ0) is 22.2. The van der Waals surface area contributed by atoms with Crippen molar-refractivity contribution < 1.29 is 19.1 Å². The molecule has 31 heavy (non-hydrogen) atoms. The smallest absolute Gasteiger partial charge is 0.262 e. The summed E-state index contributed by atoms with van der Waals surface area (Å²) in [7, 11) is 0. The van der Waals surface area contributed by atoms with Crippen LogP contribution in [0.3, 0.4) is 0 Å². The fourth-order valence-electron chi connectivity index (χ4n) is 2.79. The van der Waals surface area contributed by atoms with Crippen LogP contribution in [0.15, 0.2) is 66.7 Å². The number of halogens is 1. The second-order valence-electron chi connectivity index (χ2n) is 7.00.